The lowest BCUT2D eigenvalue weighted by Gasteiger charge is -2.53. The first-order valence-electron chi connectivity index (χ1n) is 19.1. The molecule has 1 aromatic heterocycles. The van der Waals surface area contributed by atoms with Gasteiger partial charge in [0, 0.05) is 41.7 Å². The van der Waals surface area contributed by atoms with E-state index in [0.717, 1.165) is 29.3 Å². The number of ether oxygens (including phenoxy) is 1. The van der Waals surface area contributed by atoms with E-state index in [0.29, 0.717) is 43.0 Å². The molecule has 2 aromatic rings. The first-order chi connectivity index (χ1) is 26.6. The molecule has 2 N–H and O–H groups in total. The fourth-order valence-electron chi connectivity index (χ4n) is 8.80. The van der Waals surface area contributed by atoms with Gasteiger partial charge >= 0.3 is 18.3 Å². The molecule has 6 rings (SSSR count). The summed E-state index contributed by atoms with van der Waals surface area (Å²) in [6.07, 6.45) is -5.17. The molecule has 4 heterocycles. The maximum Gasteiger partial charge on any atom is 0.422 e. The van der Waals surface area contributed by atoms with Gasteiger partial charge in [0.2, 0.25) is 0 Å². The van der Waals surface area contributed by atoms with Crippen molar-refractivity contribution in [3.05, 3.63) is 70.4 Å². The molecular weight excluding hydrogens is 797 g/mol. The quantitative estimate of drug-likeness (QED) is 0.227. The van der Waals surface area contributed by atoms with Crippen molar-refractivity contribution >= 4 is 41.3 Å². The van der Waals surface area contributed by atoms with Gasteiger partial charge in [0.05, 0.1) is 33.1 Å². The number of alkyl halides is 6. The van der Waals surface area contributed by atoms with E-state index in [1.54, 1.807) is 19.9 Å². The van der Waals surface area contributed by atoms with Gasteiger partial charge in [0.25, 0.3) is 11.8 Å². The summed E-state index contributed by atoms with van der Waals surface area (Å²) in [6.45, 7) is 4.94. The van der Waals surface area contributed by atoms with E-state index in [1.165, 1.54) is 28.5 Å². The van der Waals surface area contributed by atoms with Crippen molar-refractivity contribution in [2.75, 3.05) is 25.4 Å². The SMILES string of the molecule is CCC[C@H]1N(C(=O)c2ncccc2C(F)(F)F)CCC[C@@]1(OC1(C)C=C(C(F)(F)F)SC1)C(=O)N1CCC(O)(c2ccccc2S[C@@H]2CC[C@@](C)(C(=O)O)C2)CC1. The van der Waals surface area contributed by atoms with E-state index >= 15 is 4.79 Å². The zero-order valence-electron chi connectivity index (χ0n) is 31.9. The number of carboxylic acids is 1. The number of carbonyl (C=O) groups excluding carboxylic acids is 2. The standard InChI is InChI=1S/C40H47F6N3O6S2/c1-4-9-29-38(55-36(3)23-30(56-24-36)40(44,45)46,14-8-19-49(29)32(50)31-27(39(41,42)43)11-7-18-47-31)33(51)48-20-16-37(54,17-21-48)26-10-5-6-12-28(26)57-25-13-15-35(2,22-25)34(52)53/h5-7,10-12,18,23,25,29,54H,4,8-9,13-17,19-22,24H2,1-3H3,(H,52,53)/t25-,29-,35-,36?,38+/m1/s1. The number of thioether (sulfide) groups is 2. The lowest BCUT2D eigenvalue weighted by atomic mass is 9.78. The number of allylic oxidation sites excluding steroid dienone is 1. The summed E-state index contributed by atoms with van der Waals surface area (Å²) in [5.74, 6) is -2.71. The Balaban J connectivity index is 1.32. The highest BCUT2D eigenvalue weighted by molar-refractivity contribution is 8.03. The minimum absolute atomic E-state index is 0.0129. The third-order valence-corrected chi connectivity index (χ3v) is 14.5. The van der Waals surface area contributed by atoms with Crippen molar-refractivity contribution in [2.45, 2.75) is 124 Å². The normalized spacial score (nSPS) is 29.3. The van der Waals surface area contributed by atoms with Gasteiger partial charge < -0.3 is 24.7 Å². The van der Waals surface area contributed by atoms with Crippen LogP contribution in [0.4, 0.5) is 26.3 Å². The first-order valence-corrected chi connectivity index (χ1v) is 21.0. The number of carbonyl (C=O) groups is 3. The van der Waals surface area contributed by atoms with E-state index in [2.05, 4.69) is 4.98 Å². The number of benzene rings is 1. The number of hydrogen-bond donors (Lipinski definition) is 2. The molecule has 4 aliphatic rings. The maximum absolute atomic E-state index is 15.1. The van der Waals surface area contributed by atoms with Gasteiger partial charge in [-0.2, -0.15) is 26.3 Å². The van der Waals surface area contributed by atoms with Crippen LogP contribution in [0.1, 0.15) is 100 Å². The molecule has 3 fully saturated rings. The molecule has 2 amide bonds. The van der Waals surface area contributed by atoms with E-state index in [-0.39, 0.29) is 62.7 Å². The molecule has 3 aliphatic heterocycles. The van der Waals surface area contributed by atoms with Gasteiger partial charge in [0.1, 0.15) is 5.69 Å². The van der Waals surface area contributed by atoms with E-state index < -0.39 is 74.6 Å². The van der Waals surface area contributed by atoms with Crippen LogP contribution in [0.5, 0.6) is 0 Å². The van der Waals surface area contributed by atoms with Crippen molar-refractivity contribution in [3.8, 4) is 0 Å². The molecule has 57 heavy (non-hydrogen) atoms. The first kappa shape index (κ1) is 43.3. The number of carboxylic acid groups (broad SMARTS) is 1. The third kappa shape index (κ3) is 8.72. The van der Waals surface area contributed by atoms with Gasteiger partial charge in [0.15, 0.2) is 5.60 Å². The fourth-order valence-corrected chi connectivity index (χ4v) is 11.5. The Morgan fingerprint density at radius 1 is 0.982 bits per heavy atom. The number of nitrogens with zero attached hydrogens (tertiary/aromatic N) is 3. The van der Waals surface area contributed by atoms with Crippen LogP contribution in [0.15, 0.2) is 58.5 Å². The molecule has 2 saturated heterocycles. The van der Waals surface area contributed by atoms with Crippen LogP contribution in [0.3, 0.4) is 0 Å². The Kier molecular flexibility index (Phi) is 12.2. The van der Waals surface area contributed by atoms with E-state index in [4.69, 9.17) is 4.74 Å². The molecule has 5 atom stereocenters. The van der Waals surface area contributed by atoms with Crippen molar-refractivity contribution in [2.24, 2.45) is 5.41 Å². The van der Waals surface area contributed by atoms with Gasteiger partial charge in [-0.05, 0) is 95.1 Å². The lowest BCUT2D eigenvalue weighted by molar-refractivity contribution is -0.198. The number of piperidine rings is 2. The zero-order chi connectivity index (χ0) is 41.6. The second-order valence-electron chi connectivity index (χ2n) is 16.1. The molecule has 1 unspecified atom stereocenters. The summed E-state index contributed by atoms with van der Waals surface area (Å²) in [4.78, 5) is 47.6. The molecule has 17 heteroatoms. The number of likely N-dealkylation sites (tertiary alicyclic amines) is 2. The lowest BCUT2D eigenvalue weighted by Crippen LogP contribution is -2.69. The van der Waals surface area contributed by atoms with Crippen LogP contribution in [-0.4, -0.2) is 96.8 Å². The van der Waals surface area contributed by atoms with Gasteiger partial charge in [-0.25, -0.2) is 0 Å². The average Bonchev–Trinajstić information content (AvgIpc) is 3.75. The van der Waals surface area contributed by atoms with Crippen molar-refractivity contribution in [1.29, 1.82) is 0 Å². The maximum atomic E-state index is 15.1. The highest BCUT2D eigenvalue weighted by atomic mass is 32.2. The number of aliphatic carboxylic acids is 1. The Hall–Kier alpha value is -3.28. The molecule has 0 spiro atoms. The average molecular weight is 844 g/mol. The van der Waals surface area contributed by atoms with Crippen molar-refractivity contribution in [3.63, 3.8) is 0 Å². The summed E-state index contributed by atoms with van der Waals surface area (Å²) >= 11 is 2.05. The van der Waals surface area contributed by atoms with Gasteiger partial charge in [-0.3, -0.25) is 19.4 Å². The Labute approximate surface area is 336 Å². The van der Waals surface area contributed by atoms with Crippen molar-refractivity contribution in [1.82, 2.24) is 14.8 Å². The molecular formula is C40H47F6N3O6S2. The van der Waals surface area contributed by atoms with E-state index in [9.17, 15) is 46.1 Å². The highest BCUT2D eigenvalue weighted by Crippen LogP contribution is 2.50. The van der Waals surface area contributed by atoms with Gasteiger partial charge in [-0.15, -0.1) is 23.5 Å². The largest absolute Gasteiger partial charge is 0.481 e. The van der Waals surface area contributed by atoms with Gasteiger partial charge in [-0.1, -0.05) is 31.5 Å². The molecule has 0 bridgehead atoms. The summed E-state index contributed by atoms with van der Waals surface area (Å²) in [5.41, 5.74) is -7.25. The Morgan fingerprint density at radius 2 is 1.68 bits per heavy atom. The monoisotopic (exact) mass is 843 g/mol. The van der Waals surface area contributed by atoms with E-state index in [1.807, 2.05) is 18.2 Å². The molecule has 312 valence electrons. The summed E-state index contributed by atoms with van der Waals surface area (Å²) < 4.78 is 90.8. The minimum atomic E-state index is -4.91. The number of aliphatic hydroxyl groups is 1. The Bertz CT molecular complexity index is 1890. The molecule has 0 radical (unpaired) electrons. The van der Waals surface area contributed by atoms with Crippen LogP contribution in [0, 0.1) is 5.41 Å². The number of hydrogen-bond acceptors (Lipinski definition) is 8. The number of amides is 2. The number of aromatic nitrogens is 1. The second kappa shape index (κ2) is 16.1. The minimum Gasteiger partial charge on any atom is -0.481 e. The second-order valence-corrected chi connectivity index (χ2v) is 18.4. The topological polar surface area (TPSA) is 120 Å². The molecule has 1 aliphatic carbocycles. The molecule has 1 saturated carbocycles. The predicted octanol–water partition coefficient (Wildman–Crippen LogP) is 8.46. The van der Waals surface area contributed by atoms with Crippen LogP contribution >= 0.6 is 23.5 Å². The smallest absolute Gasteiger partial charge is 0.422 e. The fraction of sp³-hybridized carbons (Fsp3) is 0.600. The summed E-state index contributed by atoms with van der Waals surface area (Å²) in [6, 6.07) is 7.99. The summed E-state index contributed by atoms with van der Waals surface area (Å²) in [5, 5.41) is 21.9. The van der Waals surface area contributed by atoms with Crippen molar-refractivity contribution < 1.29 is 55.7 Å². The van der Waals surface area contributed by atoms with Crippen LogP contribution in [-0.2, 0) is 26.1 Å². The number of halogens is 6. The highest BCUT2D eigenvalue weighted by Gasteiger charge is 2.59. The zero-order valence-corrected chi connectivity index (χ0v) is 33.6. The summed E-state index contributed by atoms with van der Waals surface area (Å²) in [7, 11) is 0. The van der Waals surface area contributed by atoms with Crippen LogP contribution < -0.4 is 0 Å². The number of pyridine rings is 1. The van der Waals surface area contributed by atoms with Crippen LogP contribution in [0.2, 0.25) is 0 Å². The Morgan fingerprint density at radius 3 is 2.30 bits per heavy atom. The number of rotatable bonds is 10. The molecule has 9 nitrogen and oxygen atoms in total. The third-order valence-electron chi connectivity index (χ3n) is 11.8. The van der Waals surface area contributed by atoms with Crippen LogP contribution in [0.25, 0.3) is 0 Å². The predicted molar refractivity (Wildman–Crippen MR) is 202 cm³/mol. The molecule has 1 aromatic carbocycles.